The number of hydrogen-bond donors (Lipinski definition) is 2. The molecule has 118 valence electrons. The Bertz CT molecular complexity index is 853. The van der Waals surface area contributed by atoms with E-state index in [0.717, 1.165) is 27.8 Å². The molecule has 0 atom stereocenters. The molecule has 0 aliphatic heterocycles. The number of fused-ring (bicyclic) bond motifs is 1. The van der Waals surface area contributed by atoms with Gasteiger partial charge in [-0.2, -0.15) is 0 Å². The van der Waals surface area contributed by atoms with E-state index in [-0.39, 0.29) is 11.7 Å². The Hall–Kier alpha value is -2.82. The van der Waals surface area contributed by atoms with E-state index in [2.05, 4.69) is 10.3 Å². The van der Waals surface area contributed by atoms with Gasteiger partial charge in [0.15, 0.2) is 0 Å². The quantitative estimate of drug-likeness (QED) is 0.774. The monoisotopic (exact) mass is 312 g/mol. The van der Waals surface area contributed by atoms with Crippen molar-refractivity contribution >= 4 is 16.8 Å². The van der Waals surface area contributed by atoms with Crippen LogP contribution in [0.2, 0.25) is 0 Å². The van der Waals surface area contributed by atoms with Gasteiger partial charge in [0.05, 0.1) is 7.11 Å². The first-order valence-corrected chi connectivity index (χ1v) is 7.27. The first kappa shape index (κ1) is 15.1. The van der Waals surface area contributed by atoms with Gasteiger partial charge in [-0.05, 0) is 48.4 Å². The van der Waals surface area contributed by atoms with Crippen LogP contribution in [-0.2, 0) is 6.54 Å². The average molecular weight is 312 g/mol. The molecule has 0 fully saturated rings. The molecule has 23 heavy (non-hydrogen) atoms. The molecule has 0 saturated heterocycles. The minimum atomic E-state index is -0.315. The number of aryl methyl sites for hydroxylation is 1. The number of carbonyl (C=O) groups excluding carboxylic acids is 1. The summed E-state index contributed by atoms with van der Waals surface area (Å²) in [5.74, 6) is 0.244. The van der Waals surface area contributed by atoms with E-state index in [9.17, 15) is 9.18 Å². The summed E-state index contributed by atoms with van der Waals surface area (Å²) in [6.07, 6.45) is 0. The van der Waals surface area contributed by atoms with Crippen LogP contribution in [0.5, 0.6) is 5.75 Å². The molecule has 0 unspecified atom stereocenters. The Morgan fingerprint density at radius 2 is 1.96 bits per heavy atom. The maximum Gasteiger partial charge on any atom is 0.268 e. The molecule has 3 aromatic rings. The van der Waals surface area contributed by atoms with Crippen LogP contribution >= 0.6 is 0 Å². The summed E-state index contributed by atoms with van der Waals surface area (Å²) in [7, 11) is 1.61. The third-order valence-electron chi connectivity index (χ3n) is 3.86. The van der Waals surface area contributed by atoms with Gasteiger partial charge in [0.1, 0.15) is 17.3 Å². The molecule has 2 N–H and O–H groups in total. The summed E-state index contributed by atoms with van der Waals surface area (Å²) in [6.45, 7) is 2.21. The summed E-state index contributed by atoms with van der Waals surface area (Å²) in [5.41, 5.74) is 2.92. The molecule has 3 rings (SSSR count). The second-order valence-corrected chi connectivity index (χ2v) is 5.35. The first-order valence-electron chi connectivity index (χ1n) is 7.27. The Labute approximate surface area is 133 Å². The molecule has 0 saturated carbocycles. The lowest BCUT2D eigenvalue weighted by Crippen LogP contribution is -2.23. The number of ether oxygens (including phenoxy) is 1. The highest BCUT2D eigenvalue weighted by atomic mass is 19.1. The number of rotatable bonds is 4. The predicted molar refractivity (Wildman–Crippen MR) is 87.2 cm³/mol. The van der Waals surface area contributed by atoms with Crippen LogP contribution in [0.3, 0.4) is 0 Å². The number of carbonyl (C=O) groups is 1. The molecule has 1 amide bonds. The maximum atomic E-state index is 13.3. The Morgan fingerprint density at radius 1 is 1.22 bits per heavy atom. The van der Waals surface area contributed by atoms with Crippen molar-refractivity contribution in [2.24, 2.45) is 0 Å². The number of nitrogens with one attached hydrogen (secondary N) is 2. The van der Waals surface area contributed by atoms with Crippen molar-refractivity contribution in [2.75, 3.05) is 7.11 Å². The lowest BCUT2D eigenvalue weighted by Gasteiger charge is -2.06. The molecule has 0 spiro atoms. The molecule has 4 nitrogen and oxygen atoms in total. The normalized spacial score (nSPS) is 10.7. The summed E-state index contributed by atoms with van der Waals surface area (Å²) >= 11 is 0. The van der Waals surface area contributed by atoms with Crippen LogP contribution in [0.25, 0.3) is 10.9 Å². The third kappa shape index (κ3) is 3.04. The van der Waals surface area contributed by atoms with Crippen molar-refractivity contribution in [3.05, 3.63) is 65.1 Å². The largest absolute Gasteiger partial charge is 0.497 e. The first-order chi connectivity index (χ1) is 11.1. The molecule has 0 aliphatic rings. The van der Waals surface area contributed by atoms with E-state index in [1.165, 1.54) is 12.1 Å². The molecule has 5 heteroatoms. The zero-order chi connectivity index (χ0) is 16.4. The molecular formula is C18H17FN2O2. The van der Waals surface area contributed by atoms with E-state index >= 15 is 0 Å². The molecule has 0 aliphatic carbocycles. The van der Waals surface area contributed by atoms with Gasteiger partial charge in [-0.3, -0.25) is 4.79 Å². The van der Waals surface area contributed by atoms with Gasteiger partial charge in [-0.25, -0.2) is 4.39 Å². The van der Waals surface area contributed by atoms with Crippen LogP contribution in [0.4, 0.5) is 4.39 Å². The van der Waals surface area contributed by atoms with E-state index in [1.54, 1.807) is 20.1 Å². The van der Waals surface area contributed by atoms with E-state index in [4.69, 9.17) is 4.74 Å². The number of amides is 1. The number of halogens is 1. The molecule has 0 bridgehead atoms. The molecule has 2 aromatic carbocycles. The van der Waals surface area contributed by atoms with Crippen LogP contribution < -0.4 is 10.1 Å². The number of hydrogen-bond acceptors (Lipinski definition) is 2. The van der Waals surface area contributed by atoms with Gasteiger partial charge >= 0.3 is 0 Å². The average Bonchev–Trinajstić information content (AvgIpc) is 2.90. The highest BCUT2D eigenvalue weighted by molar-refractivity contribution is 6.00. The van der Waals surface area contributed by atoms with Gasteiger partial charge in [-0.15, -0.1) is 0 Å². The number of aromatic amines is 1. The third-order valence-corrected chi connectivity index (χ3v) is 3.86. The van der Waals surface area contributed by atoms with Gasteiger partial charge < -0.3 is 15.0 Å². The van der Waals surface area contributed by atoms with Crippen LogP contribution in [-0.4, -0.2) is 18.0 Å². The van der Waals surface area contributed by atoms with Crippen molar-refractivity contribution in [3.8, 4) is 5.75 Å². The maximum absolute atomic E-state index is 13.3. The molecule has 1 aromatic heterocycles. The number of H-pyrrole nitrogens is 1. The van der Waals surface area contributed by atoms with E-state index < -0.39 is 0 Å². The summed E-state index contributed by atoms with van der Waals surface area (Å²) in [5, 5.41) is 3.59. The van der Waals surface area contributed by atoms with Gasteiger partial charge in [-0.1, -0.05) is 12.1 Å². The van der Waals surface area contributed by atoms with Crippen LogP contribution in [0, 0.1) is 12.7 Å². The SMILES string of the molecule is COc1ccc(CNC(=O)c2[nH]c3ccc(F)cc3c2C)cc1. The van der Waals surface area contributed by atoms with E-state index in [1.807, 2.05) is 24.3 Å². The van der Waals surface area contributed by atoms with Gasteiger partial charge in [0.2, 0.25) is 0 Å². The number of methoxy groups -OCH3 is 1. The fourth-order valence-electron chi connectivity index (χ4n) is 2.54. The summed E-state index contributed by atoms with van der Waals surface area (Å²) < 4.78 is 18.4. The lowest BCUT2D eigenvalue weighted by atomic mass is 10.1. The zero-order valence-corrected chi connectivity index (χ0v) is 12.9. The fourth-order valence-corrected chi connectivity index (χ4v) is 2.54. The molecule has 0 radical (unpaired) electrons. The standard InChI is InChI=1S/C18H17FN2O2/c1-11-15-9-13(19)5-8-16(15)21-17(11)18(22)20-10-12-3-6-14(23-2)7-4-12/h3-9,21H,10H2,1-2H3,(H,20,22). The lowest BCUT2D eigenvalue weighted by molar-refractivity contribution is 0.0946. The van der Waals surface area contributed by atoms with Crippen molar-refractivity contribution in [1.82, 2.24) is 10.3 Å². The predicted octanol–water partition coefficient (Wildman–Crippen LogP) is 3.55. The molecule has 1 heterocycles. The Balaban J connectivity index is 1.76. The minimum absolute atomic E-state index is 0.213. The second kappa shape index (κ2) is 6.12. The Kier molecular flexibility index (Phi) is 4.02. The van der Waals surface area contributed by atoms with E-state index in [0.29, 0.717) is 12.2 Å². The highest BCUT2D eigenvalue weighted by Crippen LogP contribution is 2.22. The summed E-state index contributed by atoms with van der Waals surface area (Å²) in [4.78, 5) is 15.4. The fraction of sp³-hybridized carbons (Fsp3) is 0.167. The Morgan fingerprint density at radius 3 is 2.65 bits per heavy atom. The number of aromatic nitrogens is 1. The van der Waals surface area contributed by atoms with Crippen molar-refractivity contribution in [1.29, 1.82) is 0 Å². The van der Waals surface area contributed by atoms with Crippen LogP contribution in [0.1, 0.15) is 21.6 Å². The topological polar surface area (TPSA) is 54.1 Å². The van der Waals surface area contributed by atoms with Crippen molar-refractivity contribution in [2.45, 2.75) is 13.5 Å². The highest BCUT2D eigenvalue weighted by Gasteiger charge is 2.14. The van der Waals surface area contributed by atoms with Crippen molar-refractivity contribution in [3.63, 3.8) is 0 Å². The van der Waals surface area contributed by atoms with Crippen LogP contribution in [0.15, 0.2) is 42.5 Å². The minimum Gasteiger partial charge on any atom is -0.497 e. The molecular weight excluding hydrogens is 295 g/mol. The van der Waals surface area contributed by atoms with Gasteiger partial charge in [0, 0.05) is 17.4 Å². The zero-order valence-electron chi connectivity index (χ0n) is 12.9. The second-order valence-electron chi connectivity index (χ2n) is 5.35. The smallest absolute Gasteiger partial charge is 0.268 e. The summed E-state index contributed by atoms with van der Waals surface area (Å²) in [6, 6.07) is 11.9. The van der Waals surface area contributed by atoms with Crippen molar-refractivity contribution < 1.29 is 13.9 Å². The van der Waals surface area contributed by atoms with Gasteiger partial charge in [0.25, 0.3) is 5.91 Å². The number of benzene rings is 2.